The van der Waals surface area contributed by atoms with Crippen LogP contribution in [0.25, 0.3) is 0 Å². The smallest absolute Gasteiger partial charge is 0.0501 e. The van der Waals surface area contributed by atoms with Crippen LogP contribution in [0.4, 0.5) is 0 Å². The highest BCUT2D eigenvalue weighted by molar-refractivity contribution is 5.15. The maximum absolute atomic E-state index is 9.67. The molecule has 0 aromatic carbocycles. The molecule has 2 unspecified atom stereocenters. The van der Waals surface area contributed by atoms with Gasteiger partial charge in [0.25, 0.3) is 0 Å². The summed E-state index contributed by atoms with van der Waals surface area (Å²) in [5.41, 5.74) is 2.03. The van der Waals surface area contributed by atoms with E-state index in [1.165, 1.54) is 31.3 Å². The van der Waals surface area contributed by atoms with Gasteiger partial charge in [0.05, 0.1) is 6.61 Å². The zero-order chi connectivity index (χ0) is 12.0. The molecule has 0 aromatic heterocycles. The standard InChI is InChI=1S/C15H26O/c1-11-6-7-13-14(2,3)8-5-9-15(13,4)12(11)10-16/h12-13,16H,1,5-10H2,2-4H3/t12?,13-,15?/m0/s1. The third kappa shape index (κ3) is 1.64. The van der Waals surface area contributed by atoms with Gasteiger partial charge < -0.3 is 5.11 Å². The first kappa shape index (κ1) is 12.2. The van der Waals surface area contributed by atoms with Crippen LogP contribution in [0, 0.1) is 22.7 Å². The Morgan fingerprint density at radius 2 is 2.00 bits per heavy atom. The Labute approximate surface area is 99.9 Å². The van der Waals surface area contributed by atoms with Crippen molar-refractivity contribution in [2.24, 2.45) is 22.7 Å². The van der Waals surface area contributed by atoms with Gasteiger partial charge in [-0.25, -0.2) is 0 Å². The highest BCUT2D eigenvalue weighted by Crippen LogP contribution is 2.60. The van der Waals surface area contributed by atoms with Gasteiger partial charge in [-0.3, -0.25) is 0 Å². The second-order valence-electron chi connectivity index (χ2n) is 6.83. The molecule has 2 aliphatic rings. The maximum Gasteiger partial charge on any atom is 0.0501 e. The minimum Gasteiger partial charge on any atom is -0.396 e. The minimum atomic E-state index is 0.294. The number of rotatable bonds is 1. The van der Waals surface area contributed by atoms with E-state index >= 15 is 0 Å². The molecule has 3 atom stereocenters. The van der Waals surface area contributed by atoms with Crippen LogP contribution in [0.2, 0.25) is 0 Å². The third-order valence-corrected chi connectivity index (χ3v) is 5.50. The highest BCUT2D eigenvalue weighted by atomic mass is 16.3. The fourth-order valence-electron chi connectivity index (χ4n) is 4.61. The molecule has 16 heavy (non-hydrogen) atoms. The van der Waals surface area contributed by atoms with Crippen molar-refractivity contribution in [3.63, 3.8) is 0 Å². The fourth-order valence-corrected chi connectivity index (χ4v) is 4.61. The predicted molar refractivity (Wildman–Crippen MR) is 68.2 cm³/mol. The molecule has 1 nitrogen and oxygen atoms in total. The summed E-state index contributed by atoms with van der Waals surface area (Å²) in [4.78, 5) is 0. The van der Waals surface area contributed by atoms with Gasteiger partial charge in [-0.1, -0.05) is 39.3 Å². The van der Waals surface area contributed by atoms with E-state index in [2.05, 4.69) is 27.4 Å². The number of aliphatic hydroxyl groups is 1. The van der Waals surface area contributed by atoms with E-state index in [-0.39, 0.29) is 0 Å². The quantitative estimate of drug-likeness (QED) is 0.669. The van der Waals surface area contributed by atoms with Crippen LogP contribution in [0.1, 0.15) is 52.9 Å². The summed E-state index contributed by atoms with van der Waals surface area (Å²) in [7, 11) is 0. The molecule has 0 aromatic rings. The Balaban J connectivity index is 2.34. The molecule has 2 fully saturated rings. The van der Waals surface area contributed by atoms with E-state index in [1.807, 2.05) is 0 Å². The first-order valence-corrected chi connectivity index (χ1v) is 6.70. The van der Waals surface area contributed by atoms with Crippen LogP contribution in [0.5, 0.6) is 0 Å². The van der Waals surface area contributed by atoms with E-state index in [0.717, 1.165) is 12.3 Å². The van der Waals surface area contributed by atoms with Crippen molar-refractivity contribution >= 4 is 0 Å². The number of hydrogen-bond donors (Lipinski definition) is 1. The van der Waals surface area contributed by atoms with Crippen molar-refractivity contribution in [1.29, 1.82) is 0 Å². The van der Waals surface area contributed by atoms with E-state index in [1.54, 1.807) is 0 Å². The highest BCUT2D eigenvalue weighted by Gasteiger charge is 2.52. The van der Waals surface area contributed by atoms with Gasteiger partial charge in [0, 0.05) is 5.92 Å². The summed E-state index contributed by atoms with van der Waals surface area (Å²) in [6, 6.07) is 0. The summed E-state index contributed by atoms with van der Waals surface area (Å²) in [6.07, 6.45) is 6.32. The first-order valence-electron chi connectivity index (χ1n) is 6.70. The van der Waals surface area contributed by atoms with Gasteiger partial charge in [-0.15, -0.1) is 0 Å². The second-order valence-corrected chi connectivity index (χ2v) is 6.83. The van der Waals surface area contributed by atoms with Crippen LogP contribution in [0.15, 0.2) is 12.2 Å². The zero-order valence-electron chi connectivity index (χ0n) is 11.1. The Kier molecular flexibility index (Phi) is 2.94. The zero-order valence-corrected chi connectivity index (χ0v) is 11.1. The fraction of sp³-hybridized carbons (Fsp3) is 0.867. The molecule has 0 radical (unpaired) electrons. The lowest BCUT2D eigenvalue weighted by atomic mass is 9.48. The molecule has 0 bridgehead atoms. The van der Waals surface area contributed by atoms with E-state index < -0.39 is 0 Å². The van der Waals surface area contributed by atoms with Gasteiger partial charge in [-0.05, 0) is 42.4 Å². The topological polar surface area (TPSA) is 20.2 Å². The minimum absolute atomic E-state index is 0.294. The molecule has 0 aliphatic heterocycles. The van der Waals surface area contributed by atoms with E-state index in [9.17, 15) is 5.11 Å². The van der Waals surface area contributed by atoms with Gasteiger partial charge in [0.15, 0.2) is 0 Å². The summed E-state index contributed by atoms with van der Waals surface area (Å²) < 4.78 is 0. The van der Waals surface area contributed by atoms with E-state index in [4.69, 9.17) is 0 Å². The normalized spacial score (nSPS) is 42.9. The molecule has 0 spiro atoms. The Morgan fingerprint density at radius 3 is 2.62 bits per heavy atom. The molecule has 2 saturated carbocycles. The van der Waals surface area contributed by atoms with Crippen molar-refractivity contribution < 1.29 is 5.11 Å². The summed E-state index contributed by atoms with van der Waals surface area (Å²) >= 11 is 0. The molecule has 92 valence electrons. The summed E-state index contributed by atoms with van der Waals surface area (Å²) in [5.74, 6) is 1.10. The van der Waals surface area contributed by atoms with Crippen molar-refractivity contribution in [3.05, 3.63) is 12.2 Å². The molecular weight excluding hydrogens is 196 g/mol. The van der Waals surface area contributed by atoms with Crippen molar-refractivity contribution in [2.75, 3.05) is 6.61 Å². The molecule has 0 heterocycles. The SMILES string of the molecule is C=C1CC[C@H]2C(C)(C)CCCC2(C)C1CO. The predicted octanol–water partition coefficient (Wildman–Crippen LogP) is 3.78. The molecule has 2 rings (SSSR count). The average molecular weight is 222 g/mol. The lowest BCUT2D eigenvalue weighted by Crippen LogP contribution is -2.50. The summed E-state index contributed by atoms with van der Waals surface area (Å²) in [6.45, 7) is 11.7. The van der Waals surface area contributed by atoms with Crippen molar-refractivity contribution in [2.45, 2.75) is 52.9 Å². The van der Waals surface area contributed by atoms with Crippen molar-refractivity contribution in [3.8, 4) is 0 Å². The molecule has 2 aliphatic carbocycles. The second kappa shape index (κ2) is 3.87. The van der Waals surface area contributed by atoms with Crippen molar-refractivity contribution in [1.82, 2.24) is 0 Å². The van der Waals surface area contributed by atoms with E-state index in [0.29, 0.717) is 23.4 Å². The maximum atomic E-state index is 9.67. The monoisotopic (exact) mass is 222 g/mol. The lowest BCUT2D eigenvalue weighted by Gasteiger charge is -2.57. The van der Waals surface area contributed by atoms with Crippen LogP contribution in [0.3, 0.4) is 0 Å². The lowest BCUT2D eigenvalue weighted by molar-refractivity contribution is -0.0651. The Hall–Kier alpha value is -0.300. The molecule has 0 amide bonds. The number of aliphatic hydroxyl groups excluding tert-OH is 1. The Morgan fingerprint density at radius 1 is 1.31 bits per heavy atom. The van der Waals surface area contributed by atoms with Crippen LogP contribution >= 0.6 is 0 Å². The van der Waals surface area contributed by atoms with Gasteiger partial charge in [0.2, 0.25) is 0 Å². The third-order valence-electron chi connectivity index (χ3n) is 5.50. The first-order chi connectivity index (χ1) is 7.42. The van der Waals surface area contributed by atoms with Gasteiger partial charge in [0.1, 0.15) is 0 Å². The number of hydrogen-bond acceptors (Lipinski definition) is 1. The van der Waals surface area contributed by atoms with Gasteiger partial charge in [-0.2, -0.15) is 0 Å². The molecule has 0 saturated heterocycles. The van der Waals surface area contributed by atoms with Crippen LogP contribution in [-0.4, -0.2) is 11.7 Å². The molecule has 1 heteroatoms. The Bertz CT molecular complexity index is 292. The largest absolute Gasteiger partial charge is 0.396 e. The average Bonchev–Trinajstić information content (AvgIpc) is 2.15. The molecular formula is C15H26O. The van der Waals surface area contributed by atoms with Crippen LogP contribution in [-0.2, 0) is 0 Å². The van der Waals surface area contributed by atoms with Gasteiger partial charge >= 0.3 is 0 Å². The van der Waals surface area contributed by atoms with Crippen LogP contribution < -0.4 is 0 Å². The number of fused-ring (bicyclic) bond motifs is 1. The summed E-state index contributed by atoms with van der Waals surface area (Å²) in [5, 5.41) is 9.67. The molecule has 1 N–H and O–H groups in total.